The number of aryl methyl sites for hydroxylation is 1. The number of unbranched alkanes of at least 4 members (excludes halogenated alkanes) is 2. The molecule has 0 aliphatic carbocycles. The van der Waals surface area contributed by atoms with E-state index in [9.17, 15) is 13.2 Å². The van der Waals surface area contributed by atoms with Crippen molar-refractivity contribution in [3.8, 4) is 6.07 Å². The number of sulfonamides is 1. The van der Waals surface area contributed by atoms with Crippen LogP contribution in [-0.2, 0) is 16.4 Å². The molecule has 0 atom stereocenters. The number of nitrogens with one attached hydrogen (secondary N) is 1. The van der Waals surface area contributed by atoms with Crippen LogP contribution in [0.3, 0.4) is 0 Å². The average Bonchev–Trinajstić information content (AvgIpc) is 2.46. The Bertz CT molecular complexity index is 647. The van der Waals surface area contributed by atoms with Gasteiger partial charge in [0.25, 0.3) is 0 Å². The van der Waals surface area contributed by atoms with Gasteiger partial charge in [0.05, 0.1) is 16.5 Å². The molecular formula is C14H18N2O4S. The van der Waals surface area contributed by atoms with Crippen molar-refractivity contribution in [1.29, 1.82) is 5.26 Å². The van der Waals surface area contributed by atoms with Gasteiger partial charge in [-0.15, -0.1) is 0 Å². The predicted octanol–water partition coefficient (Wildman–Crippen LogP) is 1.92. The molecule has 1 rings (SSSR count). The summed E-state index contributed by atoms with van der Waals surface area (Å²) in [7, 11) is -3.74. The van der Waals surface area contributed by atoms with Gasteiger partial charge in [-0.3, -0.25) is 0 Å². The Balaban J connectivity index is 2.93. The van der Waals surface area contributed by atoms with Crippen LogP contribution in [0.2, 0.25) is 0 Å². The van der Waals surface area contributed by atoms with E-state index in [2.05, 4.69) is 4.72 Å². The summed E-state index contributed by atoms with van der Waals surface area (Å²) < 4.78 is 26.9. The fourth-order valence-corrected chi connectivity index (χ4v) is 3.25. The SMILES string of the molecule is CCc1ccc(C(=O)O)cc1S(=O)(=O)NCCCCC#N. The third-order valence-electron chi connectivity index (χ3n) is 2.99. The zero-order valence-corrected chi connectivity index (χ0v) is 12.6. The Morgan fingerprint density at radius 2 is 2.10 bits per heavy atom. The minimum Gasteiger partial charge on any atom is -0.478 e. The molecule has 0 spiro atoms. The lowest BCUT2D eigenvalue weighted by atomic mass is 10.1. The van der Waals surface area contributed by atoms with Crippen molar-refractivity contribution in [2.24, 2.45) is 0 Å². The number of hydrogen-bond donors (Lipinski definition) is 2. The summed E-state index contributed by atoms with van der Waals surface area (Å²) >= 11 is 0. The quantitative estimate of drug-likeness (QED) is 0.713. The first-order valence-electron chi connectivity index (χ1n) is 6.65. The van der Waals surface area contributed by atoms with E-state index in [1.165, 1.54) is 18.2 Å². The molecule has 0 radical (unpaired) electrons. The summed E-state index contributed by atoms with van der Waals surface area (Å²) in [5.41, 5.74) is 0.515. The molecule has 0 saturated heterocycles. The highest BCUT2D eigenvalue weighted by Gasteiger charge is 2.19. The topological polar surface area (TPSA) is 107 Å². The van der Waals surface area contributed by atoms with Crippen LogP contribution in [0.4, 0.5) is 0 Å². The second kappa shape index (κ2) is 7.76. The Morgan fingerprint density at radius 3 is 2.67 bits per heavy atom. The maximum atomic E-state index is 12.3. The summed E-state index contributed by atoms with van der Waals surface area (Å²) in [6.45, 7) is 2.03. The molecule has 0 aliphatic rings. The molecule has 0 heterocycles. The smallest absolute Gasteiger partial charge is 0.335 e. The molecule has 0 unspecified atom stereocenters. The summed E-state index contributed by atoms with van der Waals surface area (Å²) in [5, 5.41) is 17.4. The zero-order valence-electron chi connectivity index (χ0n) is 11.8. The first-order valence-corrected chi connectivity index (χ1v) is 8.13. The number of nitriles is 1. The van der Waals surface area contributed by atoms with Crippen LogP contribution >= 0.6 is 0 Å². The Labute approximate surface area is 124 Å². The molecule has 1 aromatic carbocycles. The number of rotatable bonds is 8. The summed E-state index contributed by atoms with van der Waals surface area (Å²) in [5.74, 6) is -1.16. The van der Waals surface area contributed by atoms with Crippen molar-refractivity contribution in [2.75, 3.05) is 6.54 Å². The lowest BCUT2D eigenvalue weighted by molar-refractivity contribution is 0.0696. The van der Waals surface area contributed by atoms with Crippen LogP contribution in [-0.4, -0.2) is 26.0 Å². The fourth-order valence-electron chi connectivity index (χ4n) is 1.84. The van der Waals surface area contributed by atoms with Gasteiger partial charge in [0, 0.05) is 13.0 Å². The third kappa shape index (κ3) is 4.85. The van der Waals surface area contributed by atoms with Gasteiger partial charge in [0.2, 0.25) is 10.0 Å². The van der Waals surface area contributed by atoms with Crippen molar-refractivity contribution >= 4 is 16.0 Å². The highest BCUT2D eigenvalue weighted by Crippen LogP contribution is 2.18. The number of benzene rings is 1. The second-order valence-electron chi connectivity index (χ2n) is 4.49. The van der Waals surface area contributed by atoms with E-state index in [0.717, 1.165) is 0 Å². The summed E-state index contributed by atoms with van der Waals surface area (Å²) in [4.78, 5) is 11.0. The van der Waals surface area contributed by atoms with Gasteiger partial charge in [-0.25, -0.2) is 17.9 Å². The van der Waals surface area contributed by atoms with Crippen LogP contribution in [0.25, 0.3) is 0 Å². The zero-order chi connectivity index (χ0) is 15.9. The fraction of sp³-hybridized carbons (Fsp3) is 0.429. The number of hydrogen-bond acceptors (Lipinski definition) is 4. The van der Waals surface area contributed by atoms with Crippen LogP contribution in [0.15, 0.2) is 23.1 Å². The molecule has 0 bridgehead atoms. The van der Waals surface area contributed by atoms with E-state index < -0.39 is 16.0 Å². The van der Waals surface area contributed by atoms with Crippen molar-refractivity contribution in [1.82, 2.24) is 4.72 Å². The first kappa shape index (κ1) is 17.1. The minimum atomic E-state index is -3.74. The van der Waals surface area contributed by atoms with Crippen molar-refractivity contribution in [3.63, 3.8) is 0 Å². The van der Waals surface area contributed by atoms with Gasteiger partial charge >= 0.3 is 5.97 Å². The second-order valence-corrected chi connectivity index (χ2v) is 6.23. The van der Waals surface area contributed by atoms with E-state index >= 15 is 0 Å². The van der Waals surface area contributed by atoms with Crippen LogP contribution in [0.5, 0.6) is 0 Å². The first-order chi connectivity index (χ1) is 9.92. The van der Waals surface area contributed by atoms with E-state index in [0.29, 0.717) is 31.2 Å². The lowest BCUT2D eigenvalue weighted by Gasteiger charge is -2.11. The molecule has 0 amide bonds. The molecule has 0 aliphatic heterocycles. The molecule has 2 N–H and O–H groups in total. The van der Waals surface area contributed by atoms with Gasteiger partial charge in [-0.05, 0) is 37.0 Å². The van der Waals surface area contributed by atoms with Crippen molar-refractivity contribution in [3.05, 3.63) is 29.3 Å². The summed E-state index contributed by atoms with van der Waals surface area (Å²) in [6, 6.07) is 6.09. The Hall–Kier alpha value is -1.91. The van der Waals surface area contributed by atoms with Crippen LogP contribution < -0.4 is 4.72 Å². The normalized spacial score (nSPS) is 11.0. The van der Waals surface area contributed by atoms with Crippen LogP contribution in [0.1, 0.15) is 42.1 Å². The summed E-state index contributed by atoms with van der Waals surface area (Å²) in [6.07, 6.45) is 2.06. The molecule has 0 fully saturated rings. The number of carbonyl (C=O) groups is 1. The van der Waals surface area contributed by atoms with E-state index in [1.807, 2.05) is 13.0 Å². The minimum absolute atomic E-state index is 0.00480. The van der Waals surface area contributed by atoms with Crippen molar-refractivity contribution < 1.29 is 18.3 Å². The van der Waals surface area contributed by atoms with E-state index in [1.54, 1.807) is 0 Å². The predicted molar refractivity (Wildman–Crippen MR) is 77.4 cm³/mol. The van der Waals surface area contributed by atoms with E-state index in [-0.39, 0.29) is 17.0 Å². The van der Waals surface area contributed by atoms with Gasteiger partial charge < -0.3 is 5.11 Å². The number of aromatic carboxylic acids is 1. The molecule has 7 heteroatoms. The van der Waals surface area contributed by atoms with Gasteiger partial charge in [0.15, 0.2) is 0 Å². The monoisotopic (exact) mass is 310 g/mol. The van der Waals surface area contributed by atoms with Crippen molar-refractivity contribution in [2.45, 2.75) is 37.5 Å². The molecule has 0 saturated carbocycles. The largest absolute Gasteiger partial charge is 0.478 e. The number of carboxylic acids is 1. The Kier molecular flexibility index (Phi) is 6.34. The molecular weight excluding hydrogens is 292 g/mol. The van der Waals surface area contributed by atoms with Crippen LogP contribution in [0, 0.1) is 11.3 Å². The Morgan fingerprint density at radius 1 is 1.38 bits per heavy atom. The molecule has 1 aromatic rings. The molecule has 21 heavy (non-hydrogen) atoms. The lowest BCUT2D eigenvalue weighted by Crippen LogP contribution is -2.26. The van der Waals surface area contributed by atoms with Gasteiger partial charge in [0.1, 0.15) is 0 Å². The van der Waals surface area contributed by atoms with Gasteiger partial charge in [-0.2, -0.15) is 5.26 Å². The number of nitrogens with zero attached hydrogens (tertiary/aromatic N) is 1. The standard InChI is InChI=1S/C14H18N2O4S/c1-2-11-6-7-12(14(17)18)10-13(11)21(19,20)16-9-5-3-4-8-15/h6-7,10,16H,2-5,9H2,1H3,(H,17,18). The van der Waals surface area contributed by atoms with E-state index in [4.69, 9.17) is 10.4 Å². The average molecular weight is 310 g/mol. The van der Waals surface area contributed by atoms with Gasteiger partial charge in [-0.1, -0.05) is 13.0 Å². The maximum absolute atomic E-state index is 12.3. The molecule has 114 valence electrons. The third-order valence-corrected chi connectivity index (χ3v) is 4.54. The number of carboxylic acid groups (broad SMARTS) is 1. The maximum Gasteiger partial charge on any atom is 0.335 e. The highest BCUT2D eigenvalue weighted by atomic mass is 32.2. The highest BCUT2D eigenvalue weighted by molar-refractivity contribution is 7.89. The molecule has 6 nitrogen and oxygen atoms in total. The molecule has 0 aromatic heterocycles.